The van der Waals surface area contributed by atoms with Crippen molar-refractivity contribution >= 4 is 17.8 Å². The molecule has 2 aliphatic rings. The van der Waals surface area contributed by atoms with Crippen LogP contribution in [0.25, 0.3) is 0 Å². The van der Waals surface area contributed by atoms with Gasteiger partial charge in [-0.25, -0.2) is 4.98 Å². The van der Waals surface area contributed by atoms with E-state index in [1.807, 2.05) is 4.90 Å². The third kappa shape index (κ3) is 4.75. The van der Waals surface area contributed by atoms with Gasteiger partial charge in [0.1, 0.15) is 0 Å². The number of likely N-dealkylation sites (tertiary alicyclic amines) is 1. The number of aromatic nitrogens is 2. The topological polar surface area (TPSA) is 98.4 Å². The SMILES string of the molecule is C=CC(=O)N1CCC(C(=O)NC2CCCN(c3nc(C)cc(=O)[nH]3)C2)CC1. The van der Waals surface area contributed by atoms with Crippen LogP contribution in [0.3, 0.4) is 0 Å². The molecule has 1 unspecified atom stereocenters. The van der Waals surface area contributed by atoms with E-state index in [4.69, 9.17) is 0 Å². The smallest absolute Gasteiger partial charge is 0.252 e. The number of hydrogen-bond donors (Lipinski definition) is 2. The molecule has 8 heteroatoms. The standard InChI is InChI=1S/C19H27N5O3/c1-3-17(26)23-9-6-14(7-10-23)18(27)21-15-5-4-8-24(12-15)19-20-13(2)11-16(25)22-19/h3,11,14-15H,1,4-10,12H2,2H3,(H,21,27)(H,20,22,25). The molecule has 0 aliphatic carbocycles. The molecular weight excluding hydrogens is 346 g/mol. The Balaban J connectivity index is 1.54. The van der Waals surface area contributed by atoms with E-state index in [-0.39, 0.29) is 29.3 Å². The number of aryl methyl sites for hydroxylation is 1. The lowest BCUT2D eigenvalue weighted by Crippen LogP contribution is -2.51. The van der Waals surface area contributed by atoms with E-state index in [9.17, 15) is 14.4 Å². The molecule has 3 heterocycles. The fraction of sp³-hybridized carbons (Fsp3) is 0.579. The zero-order chi connectivity index (χ0) is 19.4. The third-order valence-corrected chi connectivity index (χ3v) is 5.28. The lowest BCUT2D eigenvalue weighted by atomic mass is 9.95. The predicted molar refractivity (Wildman–Crippen MR) is 102 cm³/mol. The summed E-state index contributed by atoms with van der Waals surface area (Å²) in [6.45, 7) is 7.92. The number of piperidine rings is 2. The van der Waals surface area contributed by atoms with Crippen molar-refractivity contribution in [2.45, 2.75) is 38.6 Å². The average molecular weight is 373 g/mol. The Bertz CT molecular complexity index is 767. The molecule has 2 N–H and O–H groups in total. The first-order chi connectivity index (χ1) is 13.0. The van der Waals surface area contributed by atoms with Crippen molar-refractivity contribution in [1.82, 2.24) is 20.2 Å². The largest absolute Gasteiger partial charge is 0.351 e. The molecule has 2 amide bonds. The van der Waals surface area contributed by atoms with Crippen LogP contribution in [-0.2, 0) is 9.59 Å². The second-order valence-electron chi connectivity index (χ2n) is 7.31. The van der Waals surface area contributed by atoms with Gasteiger partial charge in [0.05, 0.1) is 0 Å². The van der Waals surface area contributed by atoms with Gasteiger partial charge >= 0.3 is 0 Å². The molecule has 0 radical (unpaired) electrons. The fourth-order valence-electron chi connectivity index (χ4n) is 3.81. The first-order valence-corrected chi connectivity index (χ1v) is 9.51. The highest BCUT2D eigenvalue weighted by Crippen LogP contribution is 2.20. The minimum atomic E-state index is -0.163. The van der Waals surface area contributed by atoms with Crippen LogP contribution in [0.4, 0.5) is 5.95 Å². The van der Waals surface area contributed by atoms with Crippen molar-refractivity contribution in [3.05, 3.63) is 34.8 Å². The Morgan fingerprint density at radius 2 is 2.04 bits per heavy atom. The number of H-pyrrole nitrogens is 1. The highest BCUT2D eigenvalue weighted by atomic mass is 16.2. The Morgan fingerprint density at radius 3 is 2.70 bits per heavy atom. The van der Waals surface area contributed by atoms with Crippen molar-refractivity contribution in [2.24, 2.45) is 5.92 Å². The molecule has 2 fully saturated rings. The summed E-state index contributed by atoms with van der Waals surface area (Å²) in [5.74, 6) is 0.482. The molecule has 0 bridgehead atoms. The van der Waals surface area contributed by atoms with E-state index < -0.39 is 0 Å². The molecule has 27 heavy (non-hydrogen) atoms. The molecule has 1 aromatic heterocycles. The first-order valence-electron chi connectivity index (χ1n) is 9.51. The summed E-state index contributed by atoms with van der Waals surface area (Å²) in [7, 11) is 0. The Morgan fingerprint density at radius 1 is 1.30 bits per heavy atom. The monoisotopic (exact) mass is 373 g/mol. The van der Waals surface area contributed by atoms with Gasteiger partial charge in [-0.15, -0.1) is 0 Å². The zero-order valence-corrected chi connectivity index (χ0v) is 15.7. The normalized spacial score (nSPS) is 21.0. The molecule has 0 aromatic carbocycles. The number of nitrogens with one attached hydrogen (secondary N) is 2. The first kappa shape index (κ1) is 19.1. The quantitative estimate of drug-likeness (QED) is 0.753. The number of amides is 2. The van der Waals surface area contributed by atoms with Crippen LogP contribution in [0.5, 0.6) is 0 Å². The number of hydrogen-bond acceptors (Lipinski definition) is 5. The average Bonchev–Trinajstić information content (AvgIpc) is 2.67. The van der Waals surface area contributed by atoms with Gasteiger partial charge in [-0.3, -0.25) is 19.4 Å². The van der Waals surface area contributed by atoms with E-state index >= 15 is 0 Å². The lowest BCUT2D eigenvalue weighted by Gasteiger charge is -2.35. The maximum absolute atomic E-state index is 12.6. The molecule has 2 saturated heterocycles. The second kappa shape index (κ2) is 8.37. The van der Waals surface area contributed by atoms with E-state index in [0.717, 1.165) is 19.4 Å². The van der Waals surface area contributed by atoms with Crippen molar-refractivity contribution in [3.63, 3.8) is 0 Å². The van der Waals surface area contributed by atoms with Crippen LogP contribution in [0, 0.1) is 12.8 Å². The number of rotatable bonds is 4. The van der Waals surface area contributed by atoms with Crippen molar-refractivity contribution in [1.29, 1.82) is 0 Å². The van der Waals surface area contributed by atoms with Gasteiger partial charge in [0.15, 0.2) is 0 Å². The number of carbonyl (C=O) groups excluding carboxylic acids is 2. The molecule has 3 rings (SSSR count). The number of anilines is 1. The van der Waals surface area contributed by atoms with Gasteiger partial charge in [0.25, 0.3) is 5.56 Å². The molecule has 1 atom stereocenters. The molecule has 0 spiro atoms. The van der Waals surface area contributed by atoms with E-state index in [0.29, 0.717) is 44.1 Å². The summed E-state index contributed by atoms with van der Waals surface area (Å²) in [5.41, 5.74) is 0.519. The summed E-state index contributed by atoms with van der Waals surface area (Å²) < 4.78 is 0. The number of carbonyl (C=O) groups is 2. The van der Waals surface area contributed by atoms with Gasteiger partial charge in [-0.2, -0.15) is 0 Å². The van der Waals surface area contributed by atoms with Crippen LogP contribution in [-0.4, -0.2) is 58.9 Å². The van der Waals surface area contributed by atoms with Crippen LogP contribution < -0.4 is 15.8 Å². The van der Waals surface area contributed by atoms with Gasteiger partial charge in [-0.05, 0) is 38.7 Å². The minimum Gasteiger partial charge on any atom is -0.351 e. The Labute approximate surface area is 158 Å². The Hall–Kier alpha value is -2.64. The molecular formula is C19H27N5O3. The fourth-order valence-corrected chi connectivity index (χ4v) is 3.81. The summed E-state index contributed by atoms with van der Waals surface area (Å²) in [5, 5.41) is 3.15. The minimum absolute atomic E-state index is 0.0323. The second-order valence-corrected chi connectivity index (χ2v) is 7.31. The van der Waals surface area contributed by atoms with E-state index in [1.165, 1.54) is 12.1 Å². The van der Waals surface area contributed by atoms with Crippen molar-refractivity contribution < 1.29 is 9.59 Å². The van der Waals surface area contributed by atoms with Gasteiger partial charge in [0, 0.05) is 49.9 Å². The molecule has 1 aromatic rings. The maximum atomic E-state index is 12.6. The van der Waals surface area contributed by atoms with Crippen LogP contribution >= 0.6 is 0 Å². The van der Waals surface area contributed by atoms with E-state index in [2.05, 4.69) is 21.9 Å². The van der Waals surface area contributed by atoms with Crippen LogP contribution in [0.15, 0.2) is 23.5 Å². The van der Waals surface area contributed by atoms with Gasteiger partial charge in [0.2, 0.25) is 17.8 Å². The summed E-state index contributed by atoms with van der Waals surface area (Å²) in [6, 6.07) is 1.50. The lowest BCUT2D eigenvalue weighted by molar-refractivity contribution is -0.132. The van der Waals surface area contributed by atoms with Crippen molar-refractivity contribution in [3.8, 4) is 0 Å². The number of nitrogens with zero attached hydrogens (tertiary/aromatic N) is 3. The zero-order valence-electron chi connectivity index (χ0n) is 15.7. The van der Waals surface area contributed by atoms with Crippen molar-refractivity contribution in [2.75, 3.05) is 31.1 Å². The van der Waals surface area contributed by atoms with E-state index in [1.54, 1.807) is 11.8 Å². The summed E-state index contributed by atoms with van der Waals surface area (Å²) in [4.78, 5) is 46.9. The van der Waals surface area contributed by atoms with Crippen LogP contribution in [0.2, 0.25) is 0 Å². The van der Waals surface area contributed by atoms with Crippen LogP contribution in [0.1, 0.15) is 31.4 Å². The molecule has 2 aliphatic heterocycles. The molecule has 0 saturated carbocycles. The maximum Gasteiger partial charge on any atom is 0.252 e. The number of aromatic amines is 1. The molecule has 8 nitrogen and oxygen atoms in total. The highest BCUT2D eigenvalue weighted by Gasteiger charge is 2.29. The molecule has 146 valence electrons. The van der Waals surface area contributed by atoms with Gasteiger partial charge < -0.3 is 15.1 Å². The Kier molecular flexibility index (Phi) is 5.93. The summed E-state index contributed by atoms with van der Waals surface area (Å²) in [6.07, 6.45) is 4.50. The third-order valence-electron chi connectivity index (χ3n) is 5.28. The van der Waals surface area contributed by atoms with Gasteiger partial charge in [-0.1, -0.05) is 6.58 Å². The summed E-state index contributed by atoms with van der Waals surface area (Å²) >= 11 is 0. The predicted octanol–water partition coefficient (Wildman–Crippen LogP) is 0.588. The highest BCUT2D eigenvalue weighted by molar-refractivity contribution is 5.87.